The van der Waals surface area contributed by atoms with Crippen LogP contribution in [0, 0.1) is 11.7 Å². The van der Waals surface area contributed by atoms with Crippen molar-refractivity contribution in [3.8, 4) is 0 Å². The molecule has 2 atom stereocenters. The molecule has 1 aliphatic rings. The van der Waals surface area contributed by atoms with Gasteiger partial charge in [0.1, 0.15) is 5.82 Å². The molecule has 0 radical (unpaired) electrons. The highest BCUT2D eigenvalue weighted by atomic mass is 19.1. The molecule has 1 fully saturated rings. The van der Waals surface area contributed by atoms with E-state index in [4.69, 9.17) is 0 Å². The third-order valence-corrected chi connectivity index (χ3v) is 4.31. The van der Waals surface area contributed by atoms with Gasteiger partial charge in [0.2, 0.25) is 0 Å². The quantitative estimate of drug-likeness (QED) is 0.749. The van der Waals surface area contributed by atoms with Crippen molar-refractivity contribution in [3.05, 3.63) is 35.6 Å². The number of rotatable bonds is 6. The molecule has 2 amide bonds. The molecule has 2 rings (SSSR count). The lowest BCUT2D eigenvalue weighted by Gasteiger charge is -2.31. The first-order valence-corrected chi connectivity index (χ1v) is 8.26. The maximum atomic E-state index is 12.8. The van der Waals surface area contributed by atoms with E-state index in [0.29, 0.717) is 18.0 Å². The molecule has 2 unspecified atom stereocenters. The van der Waals surface area contributed by atoms with Crippen LogP contribution in [0.15, 0.2) is 24.3 Å². The number of carbonyl (C=O) groups excluding carboxylic acids is 1. The molecule has 1 aliphatic heterocycles. The van der Waals surface area contributed by atoms with Crippen LogP contribution in [0.2, 0.25) is 0 Å². The summed E-state index contributed by atoms with van der Waals surface area (Å²) in [6, 6.07) is 5.34. The number of hydrogen-bond donors (Lipinski definition) is 3. The number of nitrogens with zero attached hydrogens (tertiary/aromatic N) is 1. The van der Waals surface area contributed by atoms with Crippen LogP contribution in [-0.4, -0.2) is 48.8 Å². The molecule has 1 heterocycles. The number of likely N-dealkylation sites (tertiary alicyclic amines) is 1. The van der Waals surface area contributed by atoms with E-state index in [1.54, 1.807) is 0 Å². The van der Waals surface area contributed by atoms with Crippen molar-refractivity contribution in [2.45, 2.75) is 25.9 Å². The van der Waals surface area contributed by atoms with Gasteiger partial charge < -0.3 is 20.6 Å². The number of aliphatic hydroxyl groups excluding tert-OH is 1. The summed E-state index contributed by atoms with van der Waals surface area (Å²) < 4.78 is 12.8. The highest BCUT2D eigenvalue weighted by Crippen LogP contribution is 2.15. The molecular weight excluding hydrogens is 297 g/mol. The van der Waals surface area contributed by atoms with E-state index in [-0.39, 0.29) is 18.4 Å². The lowest BCUT2D eigenvalue weighted by Crippen LogP contribution is -2.44. The van der Waals surface area contributed by atoms with Crippen LogP contribution in [0.3, 0.4) is 0 Å². The topological polar surface area (TPSA) is 64.6 Å². The van der Waals surface area contributed by atoms with Crippen LogP contribution in [0.25, 0.3) is 0 Å². The van der Waals surface area contributed by atoms with Gasteiger partial charge in [0.15, 0.2) is 0 Å². The Labute approximate surface area is 136 Å². The maximum absolute atomic E-state index is 12.8. The lowest BCUT2D eigenvalue weighted by molar-refractivity contribution is 0.168. The van der Waals surface area contributed by atoms with Crippen molar-refractivity contribution in [2.75, 3.05) is 32.7 Å². The van der Waals surface area contributed by atoms with Crippen molar-refractivity contribution >= 4 is 6.03 Å². The van der Waals surface area contributed by atoms with Gasteiger partial charge in [-0.25, -0.2) is 9.18 Å². The van der Waals surface area contributed by atoms with Crippen molar-refractivity contribution < 1.29 is 14.3 Å². The third kappa shape index (κ3) is 5.80. The summed E-state index contributed by atoms with van der Waals surface area (Å²) in [6.07, 6.45) is 1.46. The van der Waals surface area contributed by atoms with Gasteiger partial charge >= 0.3 is 6.03 Å². The van der Waals surface area contributed by atoms with Gasteiger partial charge in [0.05, 0.1) is 6.10 Å². The SMILES string of the molecule is CCN1CCCC(CNC(=O)NCC(O)c2ccc(F)cc2)C1. The number of carbonyl (C=O) groups is 1. The zero-order chi connectivity index (χ0) is 16.7. The normalized spacial score (nSPS) is 20.0. The Hall–Kier alpha value is -1.66. The third-order valence-electron chi connectivity index (χ3n) is 4.31. The predicted molar refractivity (Wildman–Crippen MR) is 87.6 cm³/mol. The molecule has 0 aliphatic carbocycles. The predicted octanol–water partition coefficient (Wildman–Crippen LogP) is 1.89. The average Bonchev–Trinajstić information content (AvgIpc) is 2.58. The van der Waals surface area contributed by atoms with E-state index in [9.17, 15) is 14.3 Å². The number of nitrogens with one attached hydrogen (secondary N) is 2. The second-order valence-corrected chi connectivity index (χ2v) is 6.06. The summed E-state index contributed by atoms with van der Waals surface area (Å²) >= 11 is 0. The number of halogens is 1. The molecule has 6 heteroatoms. The fourth-order valence-corrected chi connectivity index (χ4v) is 2.90. The monoisotopic (exact) mass is 323 g/mol. The minimum absolute atomic E-state index is 0.100. The Morgan fingerprint density at radius 2 is 2.13 bits per heavy atom. The Bertz CT molecular complexity index is 495. The fourth-order valence-electron chi connectivity index (χ4n) is 2.90. The molecule has 0 spiro atoms. The minimum atomic E-state index is -0.841. The van der Waals surface area contributed by atoms with Crippen molar-refractivity contribution in [3.63, 3.8) is 0 Å². The number of hydrogen-bond acceptors (Lipinski definition) is 3. The summed E-state index contributed by atoms with van der Waals surface area (Å²) in [5, 5.41) is 15.5. The number of amides is 2. The second-order valence-electron chi connectivity index (χ2n) is 6.06. The summed E-state index contributed by atoms with van der Waals surface area (Å²) in [7, 11) is 0. The van der Waals surface area contributed by atoms with Crippen molar-refractivity contribution in [1.29, 1.82) is 0 Å². The molecule has 3 N–H and O–H groups in total. The molecule has 1 aromatic rings. The van der Waals surface area contributed by atoms with Crippen LogP contribution in [0.4, 0.5) is 9.18 Å². The molecule has 128 valence electrons. The van der Waals surface area contributed by atoms with E-state index in [1.807, 2.05) is 0 Å². The number of piperidine rings is 1. The number of urea groups is 1. The Morgan fingerprint density at radius 3 is 2.83 bits per heavy atom. The largest absolute Gasteiger partial charge is 0.387 e. The second kappa shape index (κ2) is 8.84. The van der Waals surface area contributed by atoms with E-state index in [1.165, 1.54) is 30.7 Å². The first-order valence-electron chi connectivity index (χ1n) is 8.26. The van der Waals surface area contributed by atoms with Crippen LogP contribution < -0.4 is 10.6 Å². The van der Waals surface area contributed by atoms with E-state index in [2.05, 4.69) is 22.5 Å². The standard InChI is InChI=1S/C17H26FN3O2/c1-2-21-9-3-4-13(12-21)10-19-17(23)20-11-16(22)14-5-7-15(18)8-6-14/h5-8,13,16,22H,2-4,9-12H2,1H3,(H2,19,20,23). The summed E-state index contributed by atoms with van der Waals surface area (Å²) in [6.45, 7) is 6.11. The van der Waals surface area contributed by atoms with Crippen molar-refractivity contribution in [1.82, 2.24) is 15.5 Å². The summed E-state index contributed by atoms with van der Waals surface area (Å²) in [4.78, 5) is 14.2. The van der Waals surface area contributed by atoms with Crippen LogP contribution in [-0.2, 0) is 0 Å². The summed E-state index contributed by atoms with van der Waals surface area (Å²) in [5.41, 5.74) is 0.581. The number of benzene rings is 1. The summed E-state index contributed by atoms with van der Waals surface area (Å²) in [5.74, 6) is 0.136. The van der Waals surface area contributed by atoms with E-state index < -0.39 is 6.10 Å². The fraction of sp³-hybridized carbons (Fsp3) is 0.588. The van der Waals surface area contributed by atoms with Crippen LogP contribution in [0.1, 0.15) is 31.4 Å². The van der Waals surface area contributed by atoms with Crippen molar-refractivity contribution in [2.24, 2.45) is 5.92 Å². The molecule has 5 nitrogen and oxygen atoms in total. The van der Waals surface area contributed by atoms with E-state index >= 15 is 0 Å². The Balaban J connectivity index is 1.67. The Kier molecular flexibility index (Phi) is 6.80. The lowest BCUT2D eigenvalue weighted by atomic mass is 9.98. The van der Waals surface area contributed by atoms with E-state index in [0.717, 1.165) is 26.1 Å². The smallest absolute Gasteiger partial charge is 0.314 e. The first-order chi connectivity index (χ1) is 11.1. The Morgan fingerprint density at radius 1 is 1.39 bits per heavy atom. The zero-order valence-corrected chi connectivity index (χ0v) is 13.6. The van der Waals surface area contributed by atoms with Gasteiger partial charge in [-0.15, -0.1) is 0 Å². The zero-order valence-electron chi connectivity index (χ0n) is 13.6. The number of aliphatic hydroxyl groups is 1. The maximum Gasteiger partial charge on any atom is 0.314 e. The molecule has 1 saturated heterocycles. The minimum Gasteiger partial charge on any atom is -0.387 e. The van der Waals surface area contributed by atoms with Gasteiger partial charge in [-0.3, -0.25) is 0 Å². The highest BCUT2D eigenvalue weighted by Gasteiger charge is 2.19. The van der Waals surface area contributed by atoms with Gasteiger partial charge in [0.25, 0.3) is 0 Å². The van der Waals surface area contributed by atoms with Crippen LogP contribution >= 0.6 is 0 Å². The molecule has 1 aromatic carbocycles. The molecule has 0 bridgehead atoms. The van der Waals surface area contributed by atoms with Gasteiger partial charge in [-0.2, -0.15) is 0 Å². The van der Waals surface area contributed by atoms with Gasteiger partial charge in [-0.05, 0) is 49.5 Å². The molecule has 0 aromatic heterocycles. The van der Waals surface area contributed by atoms with Gasteiger partial charge in [0, 0.05) is 19.6 Å². The average molecular weight is 323 g/mol. The molecule has 23 heavy (non-hydrogen) atoms. The van der Waals surface area contributed by atoms with Gasteiger partial charge in [-0.1, -0.05) is 19.1 Å². The first kappa shape index (κ1) is 17.7. The molecular formula is C17H26FN3O2. The van der Waals surface area contributed by atoms with Crippen LogP contribution in [0.5, 0.6) is 0 Å². The molecule has 0 saturated carbocycles. The highest BCUT2D eigenvalue weighted by molar-refractivity contribution is 5.73.